The topological polar surface area (TPSA) is 266 Å². The van der Waals surface area contributed by atoms with Gasteiger partial charge >= 0.3 is 0 Å². The summed E-state index contributed by atoms with van der Waals surface area (Å²) in [5.74, 6) is -6.05. The molecule has 0 aliphatic rings. The fourth-order valence-electron chi connectivity index (χ4n) is 3.68. The third-order valence-electron chi connectivity index (χ3n) is 5.65. The molecule has 3 rings (SSSR count). The van der Waals surface area contributed by atoms with Crippen molar-refractivity contribution in [3.8, 4) is 34.5 Å². The second-order valence-electron chi connectivity index (χ2n) is 8.38. The first-order chi connectivity index (χ1) is 18.8. The fourth-order valence-corrected chi connectivity index (χ4v) is 3.68. The number of hydrogen-bond acceptors (Lipinski definition) is 12. The number of nitrogens with one attached hydrogen (secondary N) is 2. The number of phenolic OH excluding ortho intramolecular Hbond substituents is 6. The molecule has 0 unspecified atom stereocenters. The van der Waals surface area contributed by atoms with Gasteiger partial charge in [0.1, 0.15) is 11.1 Å². The first-order valence-corrected chi connectivity index (χ1v) is 11.3. The van der Waals surface area contributed by atoms with Crippen LogP contribution in [0.2, 0.25) is 0 Å². The molecule has 0 saturated heterocycles. The minimum Gasteiger partial charge on any atom is -0.504 e. The number of phenols is 6. The van der Waals surface area contributed by atoms with Crippen LogP contribution in [0.25, 0.3) is 0 Å². The smallest absolute Gasteiger partial charge is 0.283 e. The van der Waals surface area contributed by atoms with Crippen molar-refractivity contribution in [1.29, 1.82) is 0 Å². The highest BCUT2D eigenvalue weighted by molar-refractivity contribution is 6.04. The molecule has 0 radical (unpaired) electrons. The summed E-state index contributed by atoms with van der Waals surface area (Å²) < 4.78 is 0. The Balaban J connectivity index is 1.77. The molecule has 0 spiro atoms. The summed E-state index contributed by atoms with van der Waals surface area (Å²) in [6.45, 7) is -0.365. The lowest BCUT2D eigenvalue weighted by Gasteiger charge is -2.10. The zero-order valence-electron chi connectivity index (χ0n) is 20.3. The SMILES string of the molecule is O=C(NCCc1cc(O)c(O)c(O)c1)c1cc([N+](=O)[O-])c(C(=O)NCCc2cc(O)c(O)c(O)c2)cc1[N+](=O)[O-]. The van der Waals surface area contributed by atoms with Crippen molar-refractivity contribution in [2.24, 2.45) is 0 Å². The molecule has 3 aromatic rings. The van der Waals surface area contributed by atoms with Crippen LogP contribution in [-0.4, -0.2) is 65.4 Å². The van der Waals surface area contributed by atoms with E-state index >= 15 is 0 Å². The Kier molecular flexibility index (Phi) is 8.43. The van der Waals surface area contributed by atoms with E-state index in [0.717, 1.165) is 24.3 Å². The zero-order chi connectivity index (χ0) is 29.7. The normalized spacial score (nSPS) is 10.6. The Labute approximate surface area is 223 Å². The molecule has 16 nitrogen and oxygen atoms in total. The summed E-state index contributed by atoms with van der Waals surface area (Å²) >= 11 is 0. The molecule has 2 amide bonds. The van der Waals surface area contributed by atoms with Crippen molar-refractivity contribution in [2.45, 2.75) is 12.8 Å². The summed E-state index contributed by atoms with van der Waals surface area (Å²) in [6.07, 6.45) is 0.000200. The Bertz CT molecular complexity index is 1360. The van der Waals surface area contributed by atoms with Crippen molar-refractivity contribution >= 4 is 23.2 Å². The molecule has 0 saturated carbocycles. The van der Waals surface area contributed by atoms with Crippen LogP contribution in [0.5, 0.6) is 34.5 Å². The molecule has 8 N–H and O–H groups in total. The molecule has 0 aromatic heterocycles. The largest absolute Gasteiger partial charge is 0.504 e. The van der Waals surface area contributed by atoms with Crippen molar-refractivity contribution in [3.63, 3.8) is 0 Å². The summed E-state index contributed by atoms with van der Waals surface area (Å²) in [7, 11) is 0. The summed E-state index contributed by atoms with van der Waals surface area (Å²) in [5, 5.41) is 85.0. The lowest BCUT2D eigenvalue weighted by atomic mass is 10.0. The number of nitrogens with zero attached hydrogens (tertiary/aromatic N) is 2. The van der Waals surface area contributed by atoms with E-state index in [9.17, 15) is 60.5 Å². The second-order valence-corrected chi connectivity index (χ2v) is 8.38. The number of aromatic hydroxyl groups is 6. The standard InChI is InChI=1S/C24H22N4O12/c29-17-5-11(6-18(30)21(17)33)1-3-25-23(35)13-9-16(28(39)40)14(10-15(13)27(37)38)24(36)26-4-2-12-7-19(31)22(34)20(32)8-12/h5-10,29-34H,1-4H2,(H,25,35)(H,26,36). The fraction of sp³-hybridized carbons (Fsp3) is 0.167. The molecule has 0 bridgehead atoms. The number of carbonyl (C=O) groups excluding carboxylic acids is 2. The molecular weight excluding hydrogens is 536 g/mol. The van der Waals surface area contributed by atoms with Crippen LogP contribution in [0, 0.1) is 20.2 Å². The van der Waals surface area contributed by atoms with E-state index in [1.54, 1.807) is 0 Å². The summed E-state index contributed by atoms with van der Waals surface area (Å²) in [4.78, 5) is 46.7. The number of benzene rings is 3. The molecular formula is C24H22N4O12. The minimum absolute atomic E-state index is 0.000100. The number of nitro groups is 2. The first-order valence-electron chi connectivity index (χ1n) is 11.3. The van der Waals surface area contributed by atoms with Crippen LogP contribution in [0.15, 0.2) is 36.4 Å². The molecule has 0 fully saturated rings. The molecule has 3 aromatic carbocycles. The van der Waals surface area contributed by atoms with Gasteiger partial charge in [0.25, 0.3) is 23.2 Å². The highest BCUT2D eigenvalue weighted by Gasteiger charge is 2.30. The number of amides is 2. The van der Waals surface area contributed by atoms with Gasteiger partial charge in [-0.15, -0.1) is 0 Å². The second kappa shape index (κ2) is 11.7. The van der Waals surface area contributed by atoms with Gasteiger partial charge in [-0.1, -0.05) is 0 Å². The van der Waals surface area contributed by atoms with Gasteiger partial charge in [-0.25, -0.2) is 0 Å². The number of hydrogen-bond donors (Lipinski definition) is 8. The van der Waals surface area contributed by atoms with Gasteiger partial charge in [-0.2, -0.15) is 0 Å². The van der Waals surface area contributed by atoms with Gasteiger partial charge in [-0.05, 0) is 48.2 Å². The predicted octanol–water partition coefficient (Wildman–Crippen LogP) is 1.68. The van der Waals surface area contributed by atoms with Gasteiger partial charge in [0.15, 0.2) is 34.5 Å². The minimum atomic E-state index is -1.07. The lowest BCUT2D eigenvalue weighted by Crippen LogP contribution is -2.28. The van der Waals surface area contributed by atoms with Crippen molar-refractivity contribution in [2.75, 3.05) is 13.1 Å². The first kappa shape index (κ1) is 28.8. The van der Waals surface area contributed by atoms with Crippen molar-refractivity contribution in [1.82, 2.24) is 10.6 Å². The number of carbonyl (C=O) groups is 2. The molecule has 0 heterocycles. The van der Waals surface area contributed by atoms with Crippen LogP contribution in [0.4, 0.5) is 11.4 Å². The molecule has 0 aliphatic heterocycles. The maximum Gasteiger partial charge on any atom is 0.283 e. The Hall–Kier alpha value is -5.80. The lowest BCUT2D eigenvalue weighted by molar-refractivity contribution is -0.389. The van der Waals surface area contributed by atoms with Crippen LogP contribution in [0.1, 0.15) is 31.8 Å². The molecule has 0 atom stereocenters. The monoisotopic (exact) mass is 558 g/mol. The van der Waals surface area contributed by atoms with Crippen molar-refractivity contribution < 1.29 is 50.1 Å². The van der Waals surface area contributed by atoms with Gasteiger partial charge in [0, 0.05) is 25.2 Å². The van der Waals surface area contributed by atoms with Gasteiger partial charge in [0.05, 0.1) is 9.85 Å². The summed E-state index contributed by atoms with van der Waals surface area (Å²) in [6, 6.07) is 5.67. The van der Waals surface area contributed by atoms with Crippen LogP contribution in [-0.2, 0) is 12.8 Å². The van der Waals surface area contributed by atoms with E-state index in [1.165, 1.54) is 0 Å². The van der Waals surface area contributed by atoms with E-state index in [1.807, 2.05) is 0 Å². The average molecular weight is 558 g/mol. The highest BCUT2D eigenvalue weighted by Crippen LogP contribution is 2.36. The van der Waals surface area contributed by atoms with Crippen molar-refractivity contribution in [3.05, 3.63) is 78.9 Å². The van der Waals surface area contributed by atoms with E-state index in [2.05, 4.69) is 10.6 Å². The summed E-state index contributed by atoms with van der Waals surface area (Å²) in [5.41, 5.74) is -2.58. The van der Waals surface area contributed by atoms with Crippen LogP contribution in [0.3, 0.4) is 0 Å². The predicted molar refractivity (Wildman–Crippen MR) is 135 cm³/mol. The Morgan fingerprint density at radius 1 is 0.600 bits per heavy atom. The molecule has 40 heavy (non-hydrogen) atoms. The third kappa shape index (κ3) is 6.36. The van der Waals surface area contributed by atoms with Crippen LogP contribution < -0.4 is 10.6 Å². The third-order valence-corrected chi connectivity index (χ3v) is 5.65. The maximum absolute atomic E-state index is 12.7. The van der Waals surface area contributed by atoms with E-state index in [4.69, 9.17) is 0 Å². The molecule has 16 heteroatoms. The number of nitro benzene ring substituents is 2. The quantitative estimate of drug-likeness (QED) is 0.100. The Morgan fingerprint density at radius 3 is 1.18 bits per heavy atom. The zero-order valence-corrected chi connectivity index (χ0v) is 20.3. The van der Waals surface area contributed by atoms with E-state index in [0.29, 0.717) is 23.3 Å². The van der Waals surface area contributed by atoms with Gasteiger partial charge in [-0.3, -0.25) is 29.8 Å². The van der Waals surface area contributed by atoms with Crippen LogP contribution >= 0.6 is 0 Å². The Morgan fingerprint density at radius 2 is 0.900 bits per heavy atom. The highest BCUT2D eigenvalue weighted by atomic mass is 16.6. The average Bonchev–Trinajstić information content (AvgIpc) is 2.89. The maximum atomic E-state index is 12.7. The van der Waals surface area contributed by atoms with E-state index in [-0.39, 0.29) is 25.9 Å². The molecule has 210 valence electrons. The number of rotatable bonds is 10. The van der Waals surface area contributed by atoms with Gasteiger partial charge in [0.2, 0.25) is 0 Å². The van der Waals surface area contributed by atoms with E-state index < -0.39 is 78.7 Å². The molecule has 0 aliphatic carbocycles. The van der Waals surface area contributed by atoms with Gasteiger partial charge < -0.3 is 41.3 Å².